The molecule has 0 saturated heterocycles. The molecule has 0 radical (unpaired) electrons. The number of aromatic nitrogens is 1. The van der Waals surface area contributed by atoms with Crippen LogP contribution in [-0.2, 0) is 0 Å². The molecule has 90 valence electrons. The van der Waals surface area contributed by atoms with Gasteiger partial charge in [0.1, 0.15) is 16.2 Å². The van der Waals surface area contributed by atoms with E-state index in [1.807, 2.05) is 0 Å². The number of rotatable bonds is 1. The Morgan fingerprint density at radius 1 is 1.28 bits per heavy atom. The fraction of sp³-hybridized carbons (Fsp3) is 0. The highest BCUT2D eigenvalue weighted by Crippen LogP contribution is 2.26. The van der Waals surface area contributed by atoms with Crippen LogP contribution in [0.4, 0.5) is 4.39 Å². The Hall–Kier alpha value is -2.21. The number of hydrogen-bond acceptors (Lipinski definition) is 3. The van der Waals surface area contributed by atoms with Gasteiger partial charge in [-0.25, -0.2) is 9.18 Å². The summed E-state index contributed by atoms with van der Waals surface area (Å²) in [5, 5.41) is 9.87. The number of aromatic amines is 1. The third-order valence-electron chi connectivity index (χ3n) is 2.69. The van der Waals surface area contributed by atoms with E-state index in [-0.39, 0.29) is 9.62 Å². The zero-order valence-corrected chi connectivity index (χ0v) is 9.68. The molecular weight excluding hydrogens is 257 g/mol. The van der Waals surface area contributed by atoms with Crippen molar-refractivity contribution in [2.75, 3.05) is 0 Å². The number of carbonyl (C=O) groups is 1. The van der Waals surface area contributed by atoms with Crippen LogP contribution in [-0.4, -0.2) is 16.1 Å². The summed E-state index contributed by atoms with van der Waals surface area (Å²) in [5.74, 6) is -1.59. The molecule has 0 aliphatic rings. The second kappa shape index (κ2) is 3.64. The number of benzene rings is 1. The zero-order chi connectivity index (χ0) is 12.9. The van der Waals surface area contributed by atoms with Crippen molar-refractivity contribution in [2.24, 2.45) is 0 Å². The molecule has 2 aromatic heterocycles. The molecule has 0 atom stereocenters. The van der Waals surface area contributed by atoms with Crippen molar-refractivity contribution in [2.45, 2.75) is 0 Å². The minimum atomic E-state index is -1.16. The van der Waals surface area contributed by atoms with E-state index in [4.69, 9.17) is 5.11 Å². The fourth-order valence-corrected chi connectivity index (χ4v) is 2.64. The molecule has 0 bridgehead atoms. The van der Waals surface area contributed by atoms with Crippen molar-refractivity contribution < 1.29 is 14.3 Å². The Morgan fingerprint density at radius 3 is 2.78 bits per heavy atom. The molecule has 2 N–H and O–H groups in total. The predicted octanol–water partition coefficient (Wildman–Crippen LogP) is 2.58. The zero-order valence-electron chi connectivity index (χ0n) is 8.86. The van der Waals surface area contributed by atoms with Crippen LogP contribution in [0.5, 0.6) is 0 Å². The molecule has 3 aromatic rings. The summed E-state index contributed by atoms with van der Waals surface area (Å²) in [6.07, 6.45) is 0. The molecule has 0 amide bonds. The van der Waals surface area contributed by atoms with Crippen LogP contribution in [0.25, 0.3) is 21.8 Å². The first kappa shape index (κ1) is 10.9. The van der Waals surface area contributed by atoms with Crippen molar-refractivity contribution in [3.05, 3.63) is 44.5 Å². The summed E-state index contributed by atoms with van der Waals surface area (Å²) in [5.41, 5.74) is 0.920. The number of fused-ring (bicyclic) bond motifs is 3. The summed E-state index contributed by atoms with van der Waals surface area (Å²) < 4.78 is 12.8. The van der Waals surface area contributed by atoms with E-state index in [0.717, 1.165) is 0 Å². The second-order valence-corrected chi connectivity index (χ2v) is 4.82. The minimum Gasteiger partial charge on any atom is -0.477 e. The molecule has 0 fully saturated rings. The van der Waals surface area contributed by atoms with Crippen LogP contribution in [0.15, 0.2) is 29.1 Å². The van der Waals surface area contributed by atoms with E-state index in [1.54, 1.807) is 0 Å². The molecule has 0 unspecified atom stereocenters. The van der Waals surface area contributed by atoms with Gasteiger partial charge in [-0.15, -0.1) is 0 Å². The van der Waals surface area contributed by atoms with Gasteiger partial charge in [0, 0.05) is 16.3 Å². The number of hydrogen-bond donors (Lipinski definition) is 2. The first-order chi connectivity index (χ1) is 8.56. The molecule has 1 aromatic carbocycles. The van der Waals surface area contributed by atoms with E-state index in [0.29, 0.717) is 33.1 Å². The van der Waals surface area contributed by atoms with E-state index >= 15 is 0 Å². The Labute approximate surface area is 103 Å². The highest BCUT2D eigenvalue weighted by molar-refractivity contribution is 7.11. The standard InChI is InChI=1S/C12H6FNO3S/c13-5-1-2-8-6(3-5)7-4-9(11(15)16)18-12(17)10(7)14-8/h1-4,14H,(H,15,16). The predicted molar refractivity (Wildman–Crippen MR) is 66.9 cm³/mol. The van der Waals surface area contributed by atoms with Crippen LogP contribution >= 0.6 is 11.3 Å². The van der Waals surface area contributed by atoms with Gasteiger partial charge >= 0.3 is 5.97 Å². The molecule has 0 aliphatic heterocycles. The van der Waals surface area contributed by atoms with Gasteiger partial charge in [0.05, 0.1) is 0 Å². The lowest BCUT2D eigenvalue weighted by molar-refractivity contribution is 0.0702. The lowest BCUT2D eigenvalue weighted by Crippen LogP contribution is -2.01. The maximum absolute atomic E-state index is 13.2. The number of nitrogens with one attached hydrogen (secondary N) is 1. The third-order valence-corrected chi connectivity index (χ3v) is 3.60. The summed E-state index contributed by atoms with van der Waals surface area (Å²) in [7, 11) is 0. The summed E-state index contributed by atoms with van der Waals surface area (Å²) in [6, 6.07) is 5.48. The van der Waals surface area contributed by atoms with Gasteiger partial charge in [0.2, 0.25) is 0 Å². The molecule has 3 rings (SSSR count). The van der Waals surface area contributed by atoms with Crippen LogP contribution in [0.3, 0.4) is 0 Å². The van der Waals surface area contributed by atoms with E-state index < -0.39 is 11.8 Å². The molecule has 0 saturated carbocycles. The molecule has 2 heterocycles. The van der Waals surface area contributed by atoms with Gasteiger partial charge in [-0.2, -0.15) is 0 Å². The van der Waals surface area contributed by atoms with Crippen molar-refractivity contribution in [3.8, 4) is 0 Å². The normalized spacial score (nSPS) is 11.2. The first-order valence-corrected chi connectivity index (χ1v) is 5.86. The molecule has 0 aliphatic carbocycles. The van der Waals surface area contributed by atoms with Crippen molar-refractivity contribution >= 4 is 39.1 Å². The summed E-state index contributed by atoms with van der Waals surface area (Å²) in [4.78, 5) is 25.5. The Morgan fingerprint density at radius 2 is 2.06 bits per heavy atom. The average Bonchev–Trinajstić information content (AvgIpc) is 2.68. The quantitative estimate of drug-likeness (QED) is 0.709. The van der Waals surface area contributed by atoms with Gasteiger partial charge in [-0.3, -0.25) is 4.79 Å². The number of halogens is 1. The van der Waals surface area contributed by atoms with Crippen molar-refractivity contribution in [3.63, 3.8) is 0 Å². The monoisotopic (exact) mass is 263 g/mol. The molecule has 4 nitrogen and oxygen atoms in total. The Bertz CT molecular complexity index is 850. The van der Waals surface area contributed by atoms with Gasteiger partial charge in [0.25, 0.3) is 4.74 Å². The molecule has 0 spiro atoms. The number of carboxylic acids is 1. The van der Waals surface area contributed by atoms with Crippen LogP contribution < -0.4 is 4.74 Å². The van der Waals surface area contributed by atoms with Gasteiger partial charge in [0.15, 0.2) is 0 Å². The van der Waals surface area contributed by atoms with E-state index in [9.17, 15) is 14.0 Å². The summed E-state index contributed by atoms with van der Waals surface area (Å²) in [6.45, 7) is 0. The SMILES string of the molecule is O=C(O)c1cc2c([nH]c3ccc(F)cc32)c(=O)s1. The van der Waals surface area contributed by atoms with Crippen LogP contribution in [0, 0.1) is 5.82 Å². The maximum Gasteiger partial charge on any atom is 0.346 e. The number of carboxylic acid groups (broad SMARTS) is 1. The number of H-pyrrole nitrogens is 1. The van der Waals surface area contributed by atoms with Crippen molar-refractivity contribution in [1.82, 2.24) is 4.98 Å². The Kier molecular flexibility index (Phi) is 2.21. The fourth-order valence-electron chi connectivity index (χ4n) is 1.91. The smallest absolute Gasteiger partial charge is 0.346 e. The van der Waals surface area contributed by atoms with Crippen LogP contribution in [0.2, 0.25) is 0 Å². The molecule has 18 heavy (non-hydrogen) atoms. The van der Waals surface area contributed by atoms with Gasteiger partial charge in [-0.05, 0) is 24.3 Å². The second-order valence-electron chi connectivity index (χ2n) is 3.81. The van der Waals surface area contributed by atoms with Gasteiger partial charge < -0.3 is 10.1 Å². The van der Waals surface area contributed by atoms with E-state index in [2.05, 4.69) is 4.98 Å². The highest BCUT2D eigenvalue weighted by Gasteiger charge is 2.13. The third kappa shape index (κ3) is 1.50. The number of aromatic carboxylic acids is 1. The largest absolute Gasteiger partial charge is 0.477 e. The molecular formula is C12H6FNO3S. The summed E-state index contributed by atoms with van der Waals surface area (Å²) >= 11 is 0.654. The lowest BCUT2D eigenvalue weighted by Gasteiger charge is -1.94. The minimum absolute atomic E-state index is 0.0577. The first-order valence-electron chi connectivity index (χ1n) is 5.04. The van der Waals surface area contributed by atoms with Crippen molar-refractivity contribution in [1.29, 1.82) is 0 Å². The topological polar surface area (TPSA) is 70.2 Å². The highest BCUT2D eigenvalue weighted by atomic mass is 32.1. The van der Waals surface area contributed by atoms with Crippen LogP contribution in [0.1, 0.15) is 9.67 Å². The lowest BCUT2D eigenvalue weighted by atomic mass is 10.2. The van der Waals surface area contributed by atoms with E-state index in [1.165, 1.54) is 24.3 Å². The maximum atomic E-state index is 13.2. The average molecular weight is 263 g/mol. The Balaban J connectivity index is 2.53. The molecule has 6 heteroatoms. The van der Waals surface area contributed by atoms with Gasteiger partial charge in [-0.1, -0.05) is 11.3 Å².